The van der Waals surface area contributed by atoms with Gasteiger partial charge in [-0.1, -0.05) is 20.8 Å². The molecule has 0 aliphatic carbocycles. The number of benzene rings is 1. The average molecular weight is 233 g/mol. The second-order valence-electron chi connectivity index (χ2n) is 5.10. The molecular weight excluding hydrogens is 218 g/mol. The van der Waals surface area contributed by atoms with Gasteiger partial charge in [0.25, 0.3) is 0 Å². The Morgan fingerprint density at radius 2 is 2.00 bits per heavy atom. The van der Waals surface area contributed by atoms with Gasteiger partial charge in [0, 0.05) is 11.1 Å². The van der Waals surface area contributed by atoms with Crippen molar-refractivity contribution in [3.8, 4) is 0 Å². The normalized spacial score (nSPS) is 11.9. The van der Waals surface area contributed by atoms with Gasteiger partial charge in [0.15, 0.2) is 0 Å². The van der Waals surface area contributed by atoms with Crippen molar-refractivity contribution in [1.29, 1.82) is 0 Å². The summed E-state index contributed by atoms with van der Waals surface area (Å²) in [6.07, 6.45) is 0. The van der Waals surface area contributed by atoms with Gasteiger partial charge in [-0.3, -0.25) is 4.79 Å². The summed E-state index contributed by atoms with van der Waals surface area (Å²) >= 11 is 0. The molecule has 0 unspecified atom stereocenters. The van der Waals surface area contributed by atoms with E-state index < -0.39 is 11.1 Å². The molecule has 2 rings (SSSR count). The maximum Gasteiger partial charge on any atom is 0.333 e. The van der Waals surface area contributed by atoms with E-state index in [0.717, 1.165) is 4.57 Å². The molecule has 0 fully saturated rings. The van der Waals surface area contributed by atoms with E-state index >= 15 is 0 Å². The van der Waals surface area contributed by atoms with Gasteiger partial charge in [-0.25, -0.2) is 9.36 Å². The summed E-state index contributed by atoms with van der Waals surface area (Å²) in [4.78, 5) is 26.6. The molecule has 0 saturated heterocycles. The van der Waals surface area contributed by atoms with Crippen molar-refractivity contribution in [2.24, 2.45) is 5.41 Å². The predicted octanol–water partition coefficient (Wildman–Crippen LogP) is 1.60. The molecule has 1 aromatic carbocycles. The Morgan fingerprint density at radius 3 is 2.59 bits per heavy atom. The van der Waals surface area contributed by atoms with Gasteiger partial charge < -0.3 is 10.7 Å². The highest BCUT2D eigenvalue weighted by atomic mass is 16.2. The van der Waals surface area contributed by atoms with Crippen molar-refractivity contribution < 1.29 is 4.79 Å². The third-order valence-electron chi connectivity index (χ3n) is 2.55. The Labute approximate surface area is 98.2 Å². The molecule has 0 bridgehead atoms. The lowest BCUT2D eigenvalue weighted by atomic mass is 9.95. The first kappa shape index (κ1) is 11.4. The Balaban J connectivity index is 2.77. The van der Waals surface area contributed by atoms with Crippen LogP contribution in [0.1, 0.15) is 25.6 Å². The number of imidazole rings is 1. The Morgan fingerprint density at radius 1 is 1.35 bits per heavy atom. The summed E-state index contributed by atoms with van der Waals surface area (Å²) in [6, 6.07) is 5.00. The first-order valence-electron chi connectivity index (χ1n) is 5.36. The molecule has 0 aliphatic rings. The van der Waals surface area contributed by atoms with Gasteiger partial charge in [0.2, 0.25) is 5.91 Å². The van der Waals surface area contributed by atoms with Crippen LogP contribution in [-0.2, 0) is 0 Å². The Bertz CT molecular complexity index is 644. The molecule has 17 heavy (non-hydrogen) atoms. The fourth-order valence-corrected chi connectivity index (χ4v) is 1.66. The van der Waals surface area contributed by atoms with E-state index in [2.05, 4.69) is 4.98 Å². The molecule has 1 aromatic heterocycles. The molecular formula is C12H15N3O2. The lowest BCUT2D eigenvalue weighted by Crippen LogP contribution is -2.33. The first-order chi connectivity index (χ1) is 7.80. The number of nitrogens with one attached hydrogen (secondary N) is 1. The largest absolute Gasteiger partial charge is 0.399 e. The second kappa shape index (κ2) is 3.48. The molecule has 0 amide bonds. The molecule has 0 spiro atoms. The third kappa shape index (κ3) is 1.84. The number of hydrogen-bond acceptors (Lipinski definition) is 3. The zero-order valence-electron chi connectivity index (χ0n) is 10.1. The smallest absolute Gasteiger partial charge is 0.333 e. The molecule has 90 valence electrons. The molecule has 0 aliphatic heterocycles. The number of aromatic amines is 1. The van der Waals surface area contributed by atoms with Gasteiger partial charge in [-0.05, 0) is 18.2 Å². The van der Waals surface area contributed by atoms with E-state index in [9.17, 15) is 9.59 Å². The van der Waals surface area contributed by atoms with E-state index in [0.29, 0.717) is 16.7 Å². The topological polar surface area (TPSA) is 80.9 Å². The van der Waals surface area contributed by atoms with Gasteiger partial charge in [-0.15, -0.1) is 0 Å². The van der Waals surface area contributed by atoms with Crippen molar-refractivity contribution in [3.05, 3.63) is 28.7 Å². The SMILES string of the molecule is CC(C)(C)C(=O)n1c(=O)[nH]c2ccc(N)cc21. The fourth-order valence-electron chi connectivity index (χ4n) is 1.66. The number of fused-ring (bicyclic) bond motifs is 1. The van der Waals surface area contributed by atoms with Gasteiger partial charge >= 0.3 is 5.69 Å². The fraction of sp³-hybridized carbons (Fsp3) is 0.333. The van der Waals surface area contributed by atoms with Gasteiger partial charge in [0.05, 0.1) is 11.0 Å². The molecule has 1 heterocycles. The standard InChI is InChI=1S/C12H15N3O2/c1-12(2,3)10(16)15-9-6-7(13)4-5-8(9)14-11(15)17/h4-6H,13H2,1-3H3,(H,14,17). The van der Waals surface area contributed by atoms with Crippen LogP contribution in [0.3, 0.4) is 0 Å². The van der Waals surface area contributed by atoms with E-state index in [-0.39, 0.29) is 5.91 Å². The Hall–Kier alpha value is -2.04. The predicted molar refractivity (Wildman–Crippen MR) is 67.1 cm³/mol. The van der Waals surface area contributed by atoms with E-state index in [1.807, 2.05) is 0 Å². The van der Waals surface area contributed by atoms with Gasteiger partial charge in [0.1, 0.15) is 0 Å². The molecule has 3 N–H and O–H groups in total. The molecule has 0 saturated carbocycles. The second-order valence-corrected chi connectivity index (χ2v) is 5.10. The van der Waals surface area contributed by atoms with Crippen LogP contribution >= 0.6 is 0 Å². The molecule has 0 radical (unpaired) electrons. The quantitative estimate of drug-likeness (QED) is 0.678. The van der Waals surface area contributed by atoms with Crippen LogP contribution < -0.4 is 11.4 Å². The van der Waals surface area contributed by atoms with Crippen molar-refractivity contribution in [2.45, 2.75) is 20.8 Å². The summed E-state index contributed by atoms with van der Waals surface area (Å²) in [5.41, 5.74) is 6.28. The summed E-state index contributed by atoms with van der Waals surface area (Å²) in [5, 5.41) is 0. The number of carbonyl (C=O) groups is 1. The van der Waals surface area contributed by atoms with Crippen LogP contribution in [0, 0.1) is 5.41 Å². The summed E-state index contributed by atoms with van der Waals surface area (Å²) in [5.74, 6) is -0.251. The number of nitrogen functional groups attached to an aromatic ring is 1. The monoisotopic (exact) mass is 233 g/mol. The molecule has 0 atom stereocenters. The van der Waals surface area contributed by atoms with Crippen LogP contribution in [0.15, 0.2) is 23.0 Å². The average Bonchev–Trinajstić information content (AvgIpc) is 2.51. The molecule has 5 heteroatoms. The number of nitrogens with two attached hydrogens (primary N) is 1. The van der Waals surface area contributed by atoms with E-state index in [4.69, 9.17) is 5.73 Å². The maximum atomic E-state index is 12.2. The maximum absolute atomic E-state index is 12.2. The minimum absolute atomic E-state index is 0.251. The highest BCUT2D eigenvalue weighted by Crippen LogP contribution is 2.20. The lowest BCUT2D eigenvalue weighted by Gasteiger charge is -2.16. The minimum atomic E-state index is -0.621. The number of aromatic nitrogens is 2. The van der Waals surface area contributed by atoms with E-state index in [1.165, 1.54) is 0 Å². The van der Waals surface area contributed by atoms with Crippen LogP contribution in [0.4, 0.5) is 5.69 Å². The number of anilines is 1. The number of H-pyrrole nitrogens is 1. The Kier molecular flexibility index (Phi) is 2.34. The summed E-state index contributed by atoms with van der Waals surface area (Å²) in [6.45, 7) is 5.31. The minimum Gasteiger partial charge on any atom is -0.399 e. The lowest BCUT2D eigenvalue weighted by molar-refractivity contribution is 0.0768. The van der Waals surface area contributed by atoms with Crippen LogP contribution in [0.2, 0.25) is 0 Å². The molecule has 2 aromatic rings. The molecule has 5 nitrogen and oxygen atoms in total. The number of carbonyl (C=O) groups excluding carboxylic acids is 1. The van der Waals surface area contributed by atoms with Crippen LogP contribution in [0.25, 0.3) is 11.0 Å². The highest BCUT2D eigenvalue weighted by molar-refractivity contribution is 5.93. The zero-order chi connectivity index (χ0) is 12.8. The van der Waals surface area contributed by atoms with Crippen molar-refractivity contribution >= 4 is 22.6 Å². The summed E-state index contributed by atoms with van der Waals surface area (Å²) in [7, 11) is 0. The summed E-state index contributed by atoms with van der Waals surface area (Å²) < 4.78 is 1.14. The zero-order valence-corrected chi connectivity index (χ0v) is 10.1. The van der Waals surface area contributed by atoms with Crippen molar-refractivity contribution in [3.63, 3.8) is 0 Å². The number of nitrogens with zero attached hydrogens (tertiary/aromatic N) is 1. The number of rotatable bonds is 0. The van der Waals surface area contributed by atoms with Gasteiger partial charge in [-0.2, -0.15) is 0 Å². The third-order valence-corrected chi connectivity index (χ3v) is 2.55. The highest BCUT2D eigenvalue weighted by Gasteiger charge is 2.26. The van der Waals surface area contributed by atoms with Crippen LogP contribution in [-0.4, -0.2) is 15.5 Å². The van der Waals surface area contributed by atoms with Crippen molar-refractivity contribution in [1.82, 2.24) is 9.55 Å². The first-order valence-corrected chi connectivity index (χ1v) is 5.36. The van der Waals surface area contributed by atoms with Crippen molar-refractivity contribution in [2.75, 3.05) is 5.73 Å². The van der Waals surface area contributed by atoms with E-state index in [1.54, 1.807) is 39.0 Å². The van der Waals surface area contributed by atoms with Crippen LogP contribution in [0.5, 0.6) is 0 Å². The number of hydrogen-bond donors (Lipinski definition) is 2.